The third-order valence-electron chi connectivity index (χ3n) is 5.04. The molecular formula is C21H19N3O5. The maximum Gasteiger partial charge on any atom is 0.338 e. The normalized spacial score (nSPS) is 13.5. The van der Waals surface area contributed by atoms with Crippen molar-refractivity contribution in [3.8, 4) is 0 Å². The number of aromatic nitrogens is 2. The Morgan fingerprint density at radius 1 is 1.17 bits per heavy atom. The monoisotopic (exact) mass is 393 g/mol. The zero-order valence-corrected chi connectivity index (χ0v) is 15.7. The lowest BCUT2D eigenvalue weighted by molar-refractivity contribution is -0.384. The third kappa shape index (κ3) is 3.87. The molecule has 1 aliphatic rings. The van der Waals surface area contributed by atoms with Crippen molar-refractivity contribution in [3.63, 3.8) is 0 Å². The lowest BCUT2D eigenvalue weighted by atomic mass is 10.1. The summed E-state index contributed by atoms with van der Waals surface area (Å²) in [5, 5.41) is 11.3. The van der Waals surface area contributed by atoms with E-state index in [9.17, 15) is 19.7 Å². The molecule has 4 rings (SSSR count). The number of hydrogen-bond donors (Lipinski definition) is 0. The first-order chi connectivity index (χ1) is 14.0. The predicted molar refractivity (Wildman–Crippen MR) is 106 cm³/mol. The molecule has 1 aliphatic heterocycles. The van der Waals surface area contributed by atoms with Crippen LogP contribution in [0.15, 0.2) is 47.3 Å². The second-order valence-corrected chi connectivity index (χ2v) is 7.03. The van der Waals surface area contributed by atoms with Crippen LogP contribution < -0.4 is 5.56 Å². The van der Waals surface area contributed by atoms with E-state index in [1.54, 1.807) is 34.9 Å². The van der Waals surface area contributed by atoms with E-state index in [-0.39, 0.29) is 23.4 Å². The van der Waals surface area contributed by atoms with Crippen molar-refractivity contribution in [1.82, 2.24) is 9.55 Å². The molecule has 0 spiro atoms. The Morgan fingerprint density at radius 2 is 2.03 bits per heavy atom. The summed E-state index contributed by atoms with van der Waals surface area (Å²) in [6.45, 7) is 0.586. The van der Waals surface area contributed by atoms with E-state index in [1.807, 2.05) is 0 Å². The van der Waals surface area contributed by atoms with Crippen molar-refractivity contribution in [1.29, 1.82) is 0 Å². The number of esters is 1. The molecule has 2 aromatic carbocycles. The molecule has 8 nitrogen and oxygen atoms in total. The van der Waals surface area contributed by atoms with Crippen LogP contribution in [0.3, 0.4) is 0 Å². The number of nitro benzene ring substituents is 1. The first-order valence-electron chi connectivity index (χ1n) is 9.47. The van der Waals surface area contributed by atoms with Crippen molar-refractivity contribution in [2.75, 3.05) is 0 Å². The first kappa shape index (κ1) is 18.8. The Morgan fingerprint density at radius 3 is 2.86 bits per heavy atom. The predicted octanol–water partition coefficient (Wildman–Crippen LogP) is 3.39. The molecule has 0 saturated heterocycles. The molecule has 0 bridgehead atoms. The van der Waals surface area contributed by atoms with E-state index in [2.05, 4.69) is 4.98 Å². The minimum absolute atomic E-state index is 0.0605. The van der Waals surface area contributed by atoms with E-state index in [4.69, 9.17) is 4.74 Å². The molecule has 148 valence electrons. The molecule has 1 aromatic heterocycles. The molecule has 2 heterocycles. The van der Waals surface area contributed by atoms with Crippen LogP contribution in [0.1, 0.15) is 41.0 Å². The molecule has 0 fully saturated rings. The van der Waals surface area contributed by atoms with Gasteiger partial charge in [-0.15, -0.1) is 0 Å². The smallest absolute Gasteiger partial charge is 0.338 e. The van der Waals surface area contributed by atoms with Crippen molar-refractivity contribution in [3.05, 3.63) is 79.9 Å². The SMILES string of the molecule is O=C(OCc1cccc([N+](=O)[O-])c1)c1ccc2c(=O)n3c(nc2c1)CCCCC3. The highest BCUT2D eigenvalue weighted by Crippen LogP contribution is 2.18. The Kier molecular flexibility index (Phi) is 5.07. The van der Waals surface area contributed by atoms with Crippen LogP contribution >= 0.6 is 0 Å². The zero-order chi connectivity index (χ0) is 20.4. The van der Waals surface area contributed by atoms with Gasteiger partial charge in [0.2, 0.25) is 0 Å². The molecule has 0 saturated carbocycles. The zero-order valence-electron chi connectivity index (χ0n) is 15.7. The summed E-state index contributed by atoms with van der Waals surface area (Å²) < 4.78 is 7.02. The van der Waals surface area contributed by atoms with E-state index < -0.39 is 10.9 Å². The molecule has 0 atom stereocenters. The van der Waals surface area contributed by atoms with Gasteiger partial charge < -0.3 is 4.74 Å². The fraction of sp³-hybridized carbons (Fsp3) is 0.286. The van der Waals surface area contributed by atoms with Crippen LogP contribution in [0.5, 0.6) is 0 Å². The average molecular weight is 393 g/mol. The number of benzene rings is 2. The molecule has 0 aliphatic carbocycles. The number of non-ortho nitro benzene ring substituents is 1. The van der Waals surface area contributed by atoms with Gasteiger partial charge in [-0.2, -0.15) is 0 Å². The second-order valence-electron chi connectivity index (χ2n) is 7.03. The van der Waals surface area contributed by atoms with Crippen molar-refractivity contribution < 1.29 is 14.5 Å². The Hall–Kier alpha value is -3.55. The van der Waals surface area contributed by atoms with Gasteiger partial charge in [-0.05, 0) is 36.6 Å². The lowest BCUT2D eigenvalue weighted by Gasteiger charge is -2.11. The molecule has 0 amide bonds. The van der Waals surface area contributed by atoms with Crippen LogP contribution in [0, 0.1) is 10.1 Å². The van der Waals surface area contributed by atoms with Gasteiger partial charge in [0, 0.05) is 25.1 Å². The summed E-state index contributed by atoms with van der Waals surface area (Å²) in [6, 6.07) is 10.7. The maximum absolute atomic E-state index is 12.8. The lowest BCUT2D eigenvalue weighted by Crippen LogP contribution is -2.24. The summed E-state index contributed by atoms with van der Waals surface area (Å²) in [4.78, 5) is 40.2. The van der Waals surface area contributed by atoms with E-state index in [0.29, 0.717) is 23.0 Å². The van der Waals surface area contributed by atoms with Gasteiger partial charge in [-0.3, -0.25) is 19.5 Å². The van der Waals surface area contributed by atoms with Gasteiger partial charge in [0.15, 0.2) is 0 Å². The summed E-state index contributed by atoms with van der Waals surface area (Å²) in [5.74, 6) is 0.178. The van der Waals surface area contributed by atoms with Gasteiger partial charge in [-0.1, -0.05) is 18.6 Å². The Bertz CT molecular complexity index is 1170. The molecule has 3 aromatic rings. The number of fused-ring (bicyclic) bond motifs is 2. The quantitative estimate of drug-likeness (QED) is 0.382. The highest BCUT2D eigenvalue weighted by molar-refractivity contribution is 5.94. The van der Waals surface area contributed by atoms with Gasteiger partial charge >= 0.3 is 5.97 Å². The second kappa shape index (κ2) is 7.83. The number of ether oxygens (including phenoxy) is 1. The first-order valence-corrected chi connectivity index (χ1v) is 9.47. The number of rotatable bonds is 4. The standard InChI is InChI=1S/C21H19N3O5/c25-20-17-9-8-15(12-18(17)22-19-7-2-1-3-10-23(19)20)21(26)29-13-14-5-4-6-16(11-14)24(27)28/h4-6,8-9,11-12H,1-3,7,10,13H2. The fourth-order valence-corrected chi connectivity index (χ4v) is 3.54. The summed E-state index contributed by atoms with van der Waals surface area (Å²) in [5.41, 5.74) is 1.15. The number of nitrogens with zero attached hydrogens (tertiary/aromatic N) is 3. The van der Waals surface area contributed by atoms with Crippen molar-refractivity contribution >= 4 is 22.6 Å². The Balaban J connectivity index is 1.57. The van der Waals surface area contributed by atoms with E-state index in [0.717, 1.165) is 31.5 Å². The molecule has 8 heteroatoms. The number of carbonyl (C=O) groups excluding carboxylic acids is 1. The van der Waals surface area contributed by atoms with Gasteiger partial charge in [0.05, 0.1) is 21.4 Å². The topological polar surface area (TPSA) is 104 Å². The van der Waals surface area contributed by atoms with Crippen LogP contribution in [-0.4, -0.2) is 20.4 Å². The average Bonchev–Trinajstić information content (AvgIpc) is 2.97. The van der Waals surface area contributed by atoms with Gasteiger partial charge in [0.1, 0.15) is 12.4 Å². The van der Waals surface area contributed by atoms with Crippen LogP contribution in [0.2, 0.25) is 0 Å². The summed E-state index contributed by atoms with van der Waals surface area (Å²) in [6.07, 6.45) is 3.76. The minimum atomic E-state index is -0.574. The number of aryl methyl sites for hydroxylation is 1. The minimum Gasteiger partial charge on any atom is -0.457 e. The van der Waals surface area contributed by atoms with Gasteiger partial charge in [0.25, 0.3) is 11.2 Å². The molecular weight excluding hydrogens is 374 g/mol. The Labute approximate surface area is 165 Å². The number of hydrogen-bond acceptors (Lipinski definition) is 6. The van der Waals surface area contributed by atoms with Gasteiger partial charge in [-0.25, -0.2) is 9.78 Å². The van der Waals surface area contributed by atoms with Crippen LogP contribution in [0.4, 0.5) is 5.69 Å². The van der Waals surface area contributed by atoms with Crippen molar-refractivity contribution in [2.24, 2.45) is 0 Å². The highest BCUT2D eigenvalue weighted by atomic mass is 16.6. The molecule has 0 unspecified atom stereocenters. The van der Waals surface area contributed by atoms with Crippen LogP contribution in [-0.2, 0) is 24.3 Å². The summed E-state index contributed by atoms with van der Waals surface area (Å²) in [7, 11) is 0. The molecule has 0 N–H and O–H groups in total. The molecule has 29 heavy (non-hydrogen) atoms. The maximum atomic E-state index is 12.8. The molecule has 0 radical (unpaired) electrons. The summed E-state index contributed by atoms with van der Waals surface area (Å²) >= 11 is 0. The van der Waals surface area contributed by atoms with E-state index >= 15 is 0 Å². The highest BCUT2D eigenvalue weighted by Gasteiger charge is 2.16. The fourth-order valence-electron chi connectivity index (χ4n) is 3.54. The van der Waals surface area contributed by atoms with E-state index in [1.165, 1.54) is 12.1 Å². The largest absolute Gasteiger partial charge is 0.457 e. The third-order valence-corrected chi connectivity index (χ3v) is 5.04. The number of nitro groups is 1. The van der Waals surface area contributed by atoms with Crippen LogP contribution in [0.25, 0.3) is 10.9 Å². The van der Waals surface area contributed by atoms with Crippen molar-refractivity contribution in [2.45, 2.75) is 38.8 Å². The number of carbonyl (C=O) groups is 1.